The molecule has 2 atom stereocenters. The van der Waals surface area contributed by atoms with Gasteiger partial charge in [0, 0.05) is 12.8 Å². The van der Waals surface area contributed by atoms with Crippen LogP contribution in [0.1, 0.15) is 155 Å². The van der Waals surface area contributed by atoms with E-state index in [2.05, 4.69) is 74.6 Å². The highest BCUT2D eigenvalue weighted by Crippen LogP contribution is 2.43. The Morgan fingerprint density at radius 2 is 1.06 bits per heavy atom. The summed E-state index contributed by atoms with van der Waals surface area (Å²) in [6.07, 6.45) is 42.6. The summed E-state index contributed by atoms with van der Waals surface area (Å²) < 4.78 is 34.2. The number of ether oxygens (including phenoxy) is 2. The largest absolute Gasteiger partial charge is 0.472 e. The van der Waals surface area contributed by atoms with Gasteiger partial charge in [0.2, 0.25) is 0 Å². The molecule has 0 aromatic carbocycles. The molecule has 0 aromatic rings. The average Bonchev–Trinajstić information content (AvgIpc) is 3.12. The molecule has 10 heteroatoms. The van der Waals surface area contributed by atoms with E-state index in [-0.39, 0.29) is 26.1 Å². The molecular formula is C44H79NO8P+. The minimum atomic E-state index is -4.38. The van der Waals surface area contributed by atoms with Crippen molar-refractivity contribution in [3.63, 3.8) is 0 Å². The Morgan fingerprint density at radius 3 is 1.57 bits per heavy atom. The van der Waals surface area contributed by atoms with Crippen LogP contribution in [0.4, 0.5) is 0 Å². The van der Waals surface area contributed by atoms with Crippen molar-refractivity contribution < 1.29 is 42.1 Å². The van der Waals surface area contributed by atoms with Crippen molar-refractivity contribution in [3.8, 4) is 0 Å². The van der Waals surface area contributed by atoms with Crippen LogP contribution in [0.25, 0.3) is 0 Å². The predicted octanol–water partition coefficient (Wildman–Crippen LogP) is 11.7. The maximum absolute atomic E-state index is 12.7. The zero-order chi connectivity index (χ0) is 40.0. The Labute approximate surface area is 330 Å². The van der Waals surface area contributed by atoms with E-state index < -0.39 is 32.5 Å². The number of esters is 2. The number of phosphoric acid groups is 1. The van der Waals surface area contributed by atoms with E-state index in [1.165, 1.54) is 25.7 Å². The maximum atomic E-state index is 12.7. The van der Waals surface area contributed by atoms with Crippen molar-refractivity contribution in [3.05, 3.63) is 60.8 Å². The van der Waals surface area contributed by atoms with Crippen LogP contribution in [0.2, 0.25) is 0 Å². The molecule has 0 radical (unpaired) electrons. The number of likely N-dealkylation sites (N-methyl/N-ethyl adjacent to an activating group) is 1. The molecule has 1 unspecified atom stereocenters. The number of rotatable bonds is 37. The third-order valence-electron chi connectivity index (χ3n) is 8.53. The molecule has 0 fully saturated rings. The molecule has 0 aliphatic heterocycles. The number of hydrogen-bond donors (Lipinski definition) is 1. The lowest BCUT2D eigenvalue weighted by atomic mass is 10.1. The molecule has 312 valence electrons. The molecule has 0 spiro atoms. The monoisotopic (exact) mass is 781 g/mol. The second kappa shape index (κ2) is 36.4. The molecule has 1 N–H and O–H groups in total. The van der Waals surface area contributed by atoms with Crippen LogP contribution in [0.5, 0.6) is 0 Å². The van der Waals surface area contributed by atoms with Crippen molar-refractivity contribution in [1.29, 1.82) is 0 Å². The van der Waals surface area contributed by atoms with E-state index in [1.54, 1.807) is 0 Å². The number of quaternary nitrogens is 1. The Morgan fingerprint density at radius 1 is 0.593 bits per heavy atom. The standard InChI is InChI=1S/C44H78NO8P/c1-6-8-10-12-14-16-18-20-22-24-26-28-30-32-34-36-43(46)50-40-42(41-52-54(48,49)51-39-38-45(3,4)5)53-44(47)37-35-33-31-29-27-25-23-21-19-17-15-13-11-9-7-2/h8,10,14-17,20-23,42H,6-7,9,11-13,18-19,24-41H2,1-5H3/p+1/b10-8+,16-14+,17-15+,22-20+,23-21+/t42-/m1/s1. The number of carbonyl (C=O) groups excluding carboxylic acids is 2. The van der Waals surface area contributed by atoms with Gasteiger partial charge in [0.25, 0.3) is 0 Å². The number of carbonyl (C=O) groups is 2. The van der Waals surface area contributed by atoms with Gasteiger partial charge in [0.15, 0.2) is 6.10 Å². The molecule has 0 amide bonds. The lowest BCUT2D eigenvalue weighted by molar-refractivity contribution is -0.870. The van der Waals surface area contributed by atoms with Crippen LogP contribution < -0.4 is 0 Å². The molecule has 0 saturated heterocycles. The number of nitrogens with zero attached hydrogens (tertiary/aromatic N) is 1. The second-order valence-electron chi connectivity index (χ2n) is 15.0. The zero-order valence-corrected chi connectivity index (χ0v) is 35.8. The summed E-state index contributed by atoms with van der Waals surface area (Å²) in [4.78, 5) is 35.3. The summed E-state index contributed by atoms with van der Waals surface area (Å²) in [6, 6.07) is 0. The quantitative estimate of drug-likeness (QED) is 0.0218. The van der Waals surface area contributed by atoms with Gasteiger partial charge in [-0.3, -0.25) is 18.6 Å². The van der Waals surface area contributed by atoms with Gasteiger partial charge >= 0.3 is 19.8 Å². The van der Waals surface area contributed by atoms with Gasteiger partial charge in [-0.1, -0.05) is 126 Å². The normalized spacial score (nSPS) is 14.3. The van der Waals surface area contributed by atoms with E-state index in [0.29, 0.717) is 23.9 Å². The van der Waals surface area contributed by atoms with Crippen LogP contribution >= 0.6 is 7.82 Å². The van der Waals surface area contributed by atoms with E-state index in [1.807, 2.05) is 21.1 Å². The number of unbranched alkanes of at least 4 members (excludes halogenated alkanes) is 13. The molecule has 0 heterocycles. The second-order valence-corrected chi connectivity index (χ2v) is 16.4. The van der Waals surface area contributed by atoms with Gasteiger partial charge in [-0.25, -0.2) is 4.57 Å². The molecule has 0 aliphatic carbocycles. The maximum Gasteiger partial charge on any atom is 0.472 e. The minimum Gasteiger partial charge on any atom is -0.462 e. The number of allylic oxidation sites excluding steroid dienone is 10. The smallest absolute Gasteiger partial charge is 0.462 e. The summed E-state index contributed by atoms with van der Waals surface area (Å²) in [6.45, 7) is 4.23. The highest BCUT2D eigenvalue weighted by molar-refractivity contribution is 7.47. The van der Waals surface area contributed by atoms with Crippen molar-refractivity contribution in [2.75, 3.05) is 47.5 Å². The third-order valence-corrected chi connectivity index (χ3v) is 9.52. The summed E-state index contributed by atoms with van der Waals surface area (Å²) >= 11 is 0. The topological polar surface area (TPSA) is 108 Å². The summed E-state index contributed by atoms with van der Waals surface area (Å²) in [5, 5.41) is 0. The SMILES string of the molecule is CC/C=C/C/C=C/C/C=C/CCCCCCCC(=O)OC[C@H](COP(=O)(O)OCC[N+](C)(C)C)OC(=O)CCCCCCC/C=C/C/C=C/CCCCC. The first-order valence-electron chi connectivity index (χ1n) is 21.0. The first-order valence-corrected chi connectivity index (χ1v) is 22.5. The highest BCUT2D eigenvalue weighted by Gasteiger charge is 2.27. The zero-order valence-electron chi connectivity index (χ0n) is 34.9. The van der Waals surface area contributed by atoms with E-state index in [0.717, 1.165) is 89.9 Å². The fraction of sp³-hybridized carbons (Fsp3) is 0.727. The summed E-state index contributed by atoms with van der Waals surface area (Å²) in [7, 11) is 1.45. The predicted molar refractivity (Wildman–Crippen MR) is 224 cm³/mol. The fourth-order valence-corrected chi connectivity index (χ4v) is 5.97. The van der Waals surface area contributed by atoms with Crippen molar-refractivity contribution in [2.45, 2.75) is 161 Å². The lowest BCUT2D eigenvalue weighted by Crippen LogP contribution is -2.37. The van der Waals surface area contributed by atoms with Crippen LogP contribution in [0.15, 0.2) is 60.8 Å². The molecule has 0 aliphatic rings. The molecule has 0 bridgehead atoms. The van der Waals surface area contributed by atoms with Crippen molar-refractivity contribution in [2.24, 2.45) is 0 Å². The molecular weight excluding hydrogens is 701 g/mol. The fourth-order valence-electron chi connectivity index (χ4n) is 5.23. The van der Waals surface area contributed by atoms with Crippen LogP contribution in [0.3, 0.4) is 0 Å². The molecule has 0 aromatic heterocycles. The van der Waals surface area contributed by atoms with E-state index in [9.17, 15) is 19.0 Å². The van der Waals surface area contributed by atoms with Gasteiger partial charge in [0.1, 0.15) is 19.8 Å². The molecule has 9 nitrogen and oxygen atoms in total. The van der Waals surface area contributed by atoms with E-state index in [4.69, 9.17) is 18.5 Å². The number of phosphoric ester groups is 1. The van der Waals surface area contributed by atoms with Crippen molar-refractivity contribution >= 4 is 19.8 Å². The van der Waals surface area contributed by atoms with Gasteiger partial charge in [0.05, 0.1) is 27.7 Å². The Bertz CT molecular complexity index is 1110. The Balaban J connectivity index is 4.45. The molecule has 0 saturated carbocycles. The first-order chi connectivity index (χ1) is 26.0. The highest BCUT2D eigenvalue weighted by atomic mass is 31.2. The van der Waals surface area contributed by atoms with Crippen LogP contribution in [0, 0.1) is 0 Å². The first kappa shape index (κ1) is 51.7. The summed E-state index contributed by atoms with van der Waals surface area (Å²) in [5.41, 5.74) is 0. The Kier molecular flexibility index (Phi) is 34.8. The van der Waals surface area contributed by atoms with E-state index >= 15 is 0 Å². The summed E-state index contributed by atoms with van der Waals surface area (Å²) in [5.74, 6) is -0.840. The third kappa shape index (κ3) is 39.4. The minimum absolute atomic E-state index is 0.0231. The molecule has 54 heavy (non-hydrogen) atoms. The average molecular weight is 781 g/mol. The lowest BCUT2D eigenvalue weighted by Gasteiger charge is -2.24. The van der Waals surface area contributed by atoms with Gasteiger partial charge in [-0.05, 0) is 77.0 Å². The van der Waals surface area contributed by atoms with Crippen LogP contribution in [-0.4, -0.2) is 74.9 Å². The van der Waals surface area contributed by atoms with Gasteiger partial charge < -0.3 is 18.9 Å². The van der Waals surface area contributed by atoms with Gasteiger partial charge in [-0.15, -0.1) is 0 Å². The van der Waals surface area contributed by atoms with Gasteiger partial charge in [-0.2, -0.15) is 0 Å². The van der Waals surface area contributed by atoms with Crippen LogP contribution in [-0.2, 0) is 32.7 Å². The molecule has 0 rings (SSSR count). The number of hydrogen-bond acceptors (Lipinski definition) is 7. The Hall–Kier alpha value is -2.29. The van der Waals surface area contributed by atoms with Crippen molar-refractivity contribution in [1.82, 2.24) is 0 Å².